The van der Waals surface area contributed by atoms with Crippen molar-refractivity contribution >= 4 is 32.6 Å². The fourth-order valence-corrected chi connectivity index (χ4v) is 4.44. The molecule has 0 radical (unpaired) electrons. The second kappa shape index (κ2) is 6.93. The summed E-state index contributed by atoms with van der Waals surface area (Å²) < 4.78 is 17.4. The van der Waals surface area contributed by atoms with Crippen molar-refractivity contribution in [3.63, 3.8) is 0 Å². The lowest BCUT2D eigenvalue weighted by atomic mass is 10.1. The van der Waals surface area contributed by atoms with Gasteiger partial charge in [-0.2, -0.15) is 0 Å². The Morgan fingerprint density at radius 1 is 1.10 bits per heavy atom. The first kappa shape index (κ1) is 17.8. The maximum atomic E-state index is 13.5. The Morgan fingerprint density at radius 3 is 2.72 bits per heavy atom. The average Bonchev–Trinajstić information content (AvgIpc) is 3.48. The Balaban J connectivity index is 1.59. The number of aromatic nitrogens is 1. The van der Waals surface area contributed by atoms with Crippen molar-refractivity contribution in [1.29, 1.82) is 0 Å². The third-order valence-corrected chi connectivity index (χ3v) is 6.13. The molecule has 146 valence electrons. The van der Waals surface area contributed by atoms with Gasteiger partial charge in [-0.1, -0.05) is 23.5 Å². The molecule has 0 unspecified atom stereocenters. The van der Waals surface area contributed by atoms with Gasteiger partial charge in [-0.25, -0.2) is 4.98 Å². The highest BCUT2D eigenvalue weighted by Crippen LogP contribution is 2.36. The minimum atomic E-state index is -0.172. The van der Waals surface area contributed by atoms with Crippen LogP contribution in [0.2, 0.25) is 0 Å². The van der Waals surface area contributed by atoms with Gasteiger partial charge in [0.15, 0.2) is 16.6 Å². The molecule has 29 heavy (non-hydrogen) atoms. The van der Waals surface area contributed by atoms with Crippen molar-refractivity contribution < 1.29 is 18.7 Å². The number of furan rings is 1. The van der Waals surface area contributed by atoms with Crippen molar-refractivity contribution in [1.82, 2.24) is 4.98 Å². The summed E-state index contributed by atoms with van der Waals surface area (Å²) in [5, 5.41) is 0.636. The van der Waals surface area contributed by atoms with E-state index >= 15 is 0 Å². The second-order valence-electron chi connectivity index (χ2n) is 6.91. The van der Waals surface area contributed by atoms with Crippen LogP contribution in [-0.4, -0.2) is 17.7 Å². The third-order valence-electron chi connectivity index (χ3n) is 4.92. The fraction of sp³-hybridized carbons (Fsp3) is 0.182. The molecule has 7 heteroatoms. The van der Waals surface area contributed by atoms with Crippen LogP contribution in [0.5, 0.6) is 11.5 Å². The normalized spacial score (nSPS) is 12.5. The first-order valence-corrected chi connectivity index (χ1v) is 10.0. The number of nitrogens with zero attached hydrogens (tertiary/aromatic N) is 2. The van der Waals surface area contributed by atoms with Crippen LogP contribution in [0, 0.1) is 13.8 Å². The van der Waals surface area contributed by atoms with Gasteiger partial charge in [0.05, 0.1) is 23.0 Å². The summed E-state index contributed by atoms with van der Waals surface area (Å²) >= 11 is 1.51. The zero-order chi connectivity index (χ0) is 20.0. The van der Waals surface area contributed by atoms with Crippen LogP contribution in [-0.2, 0) is 6.54 Å². The number of amides is 1. The molecule has 0 saturated carbocycles. The molecule has 0 bridgehead atoms. The van der Waals surface area contributed by atoms with Gasteiger partial charge in [-0.05, 0) is 55.3 Å². The van der Waals surface area contributed by atoms with Crippen LogP contribution in [0.15, 0.2) is 53.1 Å². The van der Waals surface area contributed by atoms with Crippen LogP contribution in [0.4, 0.5) is 5.13 Å². The molecule has 0 atom stereocenters. The van der Waals surface area contributed by atoms with Gasteiger partial charge < -0.3 is 13.9 Å². The highest BCUT2D eigenvalue weighted by Gasteiger charge is 2.25. The molecule has 0 N–H and O–H groups in total. The molecule has 0 aliphatic carbocycles. The van der Waals surface area contributed by atoms with Crippen molar-refractivity contribution in [2.24, 2.45) is 0 Å². The van der Waals surface area contributed by atoms with Gasteiger partial charge in [0.1, 0.15) is 5.76 Å². The third kappa shape index (κ3) is 3.13. The summed E-state index contributed by atoms with van der Waals surface area (Å²) in [4.78, 5) is 19.9. The highest BCUT2D eigenvalue weighted by molar-refractivity contribution is 7.22. The van der Waals surface area contributed by atoms with Crippen LogP contribution in [0.3, 0.4) is 0 Å². The lowest BCUT2D eigenvalue weighted by molar-refractivity contribution is 0.0983. The Kier molecular flexibility index (Phi) is 4.24. The first-order valence-electron chi connectivity index (χ1n) is 9.21. The number of benzene rings is 2. The molecule has 5 rings (SSSR count). The molecule has 1 aliphatic rings. The molecule has 0 spiro atoms. The number of fused-ring (bicyclic) bond motifs is 2. The molecular weight excluding hydrogens is 388 g/mol. The number of carbonyl (C=O) groups is 1. The van der Waals surface area contributed by atoms with Crippen molar-refractivity contribution in [2.75, 3.05) is 11.7 Å². The molecule has 3 heterocycles. The molecule has 2 aromatic heterocycles. The van der Waals surface area contributed by atoms with Crippen LogP contribution in [0.25, 0.3) is 10.2 Å². The Hall–Kier alpha value is -3.32. The van der Waals surface area contributed by atoms with E-state index in [1.165, 1.54) is 11.3 Å². The largest absolute Gasteiger partial charge is 0.467 e. The lowest BCUT2D eigenvalue weighted by Gasteiger charge is -2.19. The zero-order valence-corrected chi connectivity index (χ0v) is 16.8. The van der Waals surface area contributed by atoms with Gasteiger partial charge in [0.2, 0.25) is 6.79 Å². The summed E-state index contributed by atoms with van der Waals surface area (Å²) in [6.45, 7) is 4.54. The molecule has 6 nitrogen and oxygen atoms in total. The van der Waals surface area contributed by atoms with E-state index in [0.717, 1.165) is 21.3 Å². The van der Waals surface area contributed by atoms with Crippen LogP contribution < -0.4 is 14.4 Å². The number of ether oxygens (including phenoxy) is 2. The summed E-state index contributed by atoms with van der Waals surface area (Å²) in [5.74, 6) is 1.73. The number of carbonyl (C=O) groups excluding carboxylic acids is 1. The van der Waals surface area contributed by atoms with E-state index in [2.05, 4.69) is 19.1 Å². The first-order chi connectivity index (χ1) is 14.1. The van der Waals surface area contributed by atoms with E-state index in [9.17, 15) is 4.79 Å². The quantitative estimate of drug-likeness (QED) is 0.473. The molecule has 2 aromatic carbocycles. The number of anilines is 1. The Bertz CT molecular complexity index is 1170. The molecule has 1 amide bonds. The van der Waals surface area contributed by atoms with Crippen molar-refractivity contribution in [3.8, 4) is 11.5 Å². The van der Waals surface area contributed by atoms with E-state index in [-0.39, 0.29) is 19.2 Å². The standard InChI is InChI=1S/C22H18N2O4S/c1-13-5-6-14(2)20-19(13)23-22(29-20)24(11-16-4-3-9-26-16)21(25)15-7-8-17-18(10-15)28-12-27-17/h3-10H,11-12H2,1-2H3. The van der Waals surface area contributed by atoms with Crippen molar-refractivity contribution in [3.05, 3.63) is 71.2 Å². The van der Waals surface area contributed by atoms with E-state index in [0.29, 0.717) is 28.0 Å². The SMILES string of the molecule is Cc1ccc(C)c2sc(N(Cc3ccco3)C(=O)c3ccc4c(c3)OCO4)nc12. The minimum absolute atomic E-state index is 0.166. The van der Waals surface area contributed by atoms with Gasteiger partial charge in [-0.3, -0.25) is 9.69 Å². The summed E-state index contributed by atoms with van der Waals surface area (Å²) in [6.07, 6.45) is 1.60. The molecular formula is C22H18N2O4S. The van der Waals surface area contributed by atoms with Gasteiger partial charge in [0.25, 0.3) is 5.91 Å². The number of thiazole rings is 1. The topological polar surface area (TPSA) is 64.8 Å². The smallest absolute Gasteiger partial charge is 0.260 e. The Labute approximate surface area is 171 Å². The molecule has 4 aromatic rings. The van der Waals surface area contributed by atoms with Crippen LogP contribution >= 0.6 is 11.3 Å². The van der Waals surface area contributed by atoms with E-state index < -0.39 is 0 Å². The van der Waals surface area contributed by atoms with Gasteiger partial charge in [-0.15, -0.1) is 0 Å². The summed E-state index contributed by atoms with van der Waals surface area (Å²) in [7, 11) is 0. The van der Waals surface area contributed by atoms with E-state index in [1.54, 1.807) is 29.4 Å². The molecule has 0 fully saturated rings. The predicted molar refractivity (Wildman–Crippen MR) is 111 cm³/mol. The molecule has 1 aliphatic heterocycles. The maximum Gasteiger partial charge on any atom is 0.260 e. The van der Waals surface area contributed by atoms with Crippen molar-refractivity contribution in [2.45, 2.75) is 20.4 Å². The van der Waals surface area contributed by atoms with E-state index in [1.807, 2.05) is 19.1 Å². The van der Waals surface area contributed by atoms with Gasteiger partial charge >= 0.3 is 0 Å². The monoisotopic (exact) mass is 406 g/mol. The summed E-state index contributed by atoms with van der Waals surface area (Å²) in [6, 6.07) is 13.0. The fourth-order valence-electron chi connectivity index (χ4n) is 3.33. The zero-order valence-electron chi connectivity index (χ0n) is 16.0. The predicted octanol–water partition coefficient (Wildman–Crippen LogP) is 5.08. The Morgan fingerprint density at radius 2 is 1.93 bits per heavy atom. The minimum Gasteiger partial charge on any atom is -0.467 e. The number of aryl methyl sites for hydroxylation is 2. The van der Waals surface area contributed by atoms with E-state index in [4.69, 9.17) is 18.9 Å². The second-order valence-corrected chi connectivity index (χ2v) is 7.89. The van der Waals surface area contributed by atoms with Crippen LogP contribution in [0.1, 0.15) is 27.2 Å². The average molecular weight is 406 g/mol. The number of hydrogen-bond donors (Lipinski definition) is 0. The summed E-state index contributed by atoms with van der Waals surface area (Å²) in [5.41, 5.74) is 3.66. The number of rotatable bonds is 4. The maximum absolute atomic E-state index is 13.5. The highest BCUT2D eigenvalue weighted by atomic mass is 32.1. The molecule has 0 saturated heterocycles. The lowest BCUT2D eigenvalue weighted by Crippen LogP contribution is -2.30. The van der Waals surface area contributed by atoms with Gasteiger partial charge in [0, 0.05) is 5.56 Å². The number of hydrogen-bond acceptors (Lipinski definition) is 6.